The molecular formula is C22H25NO4. The highest BCUT2D eigenvalue weighted by molar-refractivity contribution is 5.91. The Morgan fingerprint density at radius 2 is 1.89 bits per heavy atom. The number of benzene rings is 2. The second-order valence-corrected chi connectivity index (χ2v) is 6.23. The normalized spacial score (nSPS) is 10.5. The van der Waals surface area contributed by atoms with E-state index in [4.69, 9.17) is 14.7 Å². The second kappa shape index (κ2) is 10.2. The van der Waals surface area contributed by atoms with E-state index in [9.17, 15) is 4.79 Å². The van der Waals surface area contributed by atoms with Gasteiger partial charge in [0.1, 0.15) is 18.1 Å². The van der Waals surface area contributed by atoms with Crippen LogP contribution in [-0.2, 0) is 17.8 Å². The minimum atomic E-state index is -0.606. The molecule has 27 heavy (non-hydrogen) atoms. The first kappa shape index (κ1) is 20.3. The molecule has 2 aromatic carbocycles. The third kappa shape index (κ3) is 6.01. The summed E-state index contributed by atoms with van der Waals surface area (Å²) >= 11 is 0. The second-order valence-electron chi connectivity index (χ2n) is 6.23. The molecule has 0 atom stereocenters. The van der Waals surface area contributed by atoms with Gasteiger partial charge in [0.2, 0.25) is 0 Å². The molecule has 0 aliphatic rings. The Labute approximate surface area is 159 Å². The van der Waals surface area contributed by atoms with Gasteiger partial charge < -0.3 is 9.47 Å². The van der Waals surface area contributed by atoms with E-state index in [0.29, 0.717) is 18.8 Å². The zero-order valence-corrected chi connectivity index (χ0v) is 15.9. The minimum Gasteiger partial charge on any atom is -0.496 e. The first-order valence-electron chi connectivity index (χ1n) is 8.67. The van der Waals surface area contributed by atoms with Crippen LogP contribution in [0.15, 0.2) is 60.2 Å². The van der Waals surface area contributed by atoms with Crippen LogP contribution >= 0.6 is 0 Å². The number of methoxy groups -OCH3 is 1. The van der Waals surface area contributed by atoms with Crippen LogP contribution in [0.3, 0.4) is 0 Å². The molecule has 0 unspecified atom stereocenters. The van der Waals surface area contributed by atoms with E-state index in [0.717, 1.165) is 22.4 Å². The summed E-state index contributed by atoms with van der Waals surface area (Å²) in [5, 5.41) is 8.71. The Balaban J connectivity index is 2.45. The highest BCUT2D eigenvalue weighted by atomic mass is 16.5. The first-order valence-corrected chi connectivity index (χ1v) is 8.67. The van der Waals surface area contributed by atoms with Gasteiger partial charge in [0, 0.05) is 17.2 Å². The monoisotopic (exact) mass is 367 g/mol. The van der Waals surface area contributed by atoms with Crippen molar-refractivity contribution in [3.05, 3.63) is 76.9 Å². The third-order valence-corrected chi connectivity index (χ3v) is 3.93. The van der Waals surface area contributed by atoms with Crippen LogP contribution in [0.4, 0.5) is 0 Å². The highest BCUT2D eigenvalue weighted by Crippen LogP contribution is 2.35. The fourth-order valence-corrected chi connectivity index (χ4v) is 2.55. The molecule has 0 bridgehead atoms. The van der Waals surface area contributed by atoms with Gasteiger partial charge >= 0.3 is 0 Å². The summed E-state index contributed by atoms with van der Waals surface area (Å²) in [7, 11) is 1.62. The fraction of sp³-hybridized carbons (Fsp3) is 0.227. The summed E-state index contributed by atoms with van der Waals surface area (Å²) in [6, 6.07) is 13.5. The molecule has 142 valence electrons. The smallest absolute Gasteiger partial charge is 0.267 e. The molecule has 0 aromatic heterocycles. The number of hydroxylamine groups is 1. The maximum Gasteiger partial charge on any atom is 0.267 e. The number of hydrogen-bond donors (Lipinski definition) is 2. The van der Waals surface area contributed by atoms with E-state index in [1.54, 1.807) is 18.7 Å². The lowest BCUT2D eigenvalue weighted by Gasteiger charge is -2.17. The van der Waals surface area contributed by atoms with Gasteiger partial charge in [-0.25, -0.2) is 5.48 Å². The molecule has 0 aliphatic carbocycles. The summed E-state index contributed by atoms with van der Waals surface area (Å²) in [5.74, 6) is 0.766. The summed E-state index contributed by atoms with van der Waals surface area (Å²) < 4.78 is 11.7. The van der Waals surface area contributed by atoms with Crippen molar-refractivity contribution in [2.75, 3.05) is 7.11 Å². The van der Waals surface area contributed by atoms with Crippen molar-refractivity contribution >= 4 is 12.0 Å². The van der Waals surface area contributed by atoms with E-state index in [2.05, 4.69) is 6.08 Å². The highest BCUT2D eigenvalue weighted by Gasteiger charge is 2.14. The number of nitrogens with one attached hydrogen (secondary N) is 1. The predicted molar refractivity (Wildman–Crippen MR) is 106 cm³/mol. The summed E-state index contributed by atoms with van der Waals surface area (Å²) in [5.41, 5.74) is 5.45. The maximum atomic E-state index is 11.4. The average Bonchev–Trinajstić information content (AvgIpc) is 2.69. The Kier molecular flexibility index (Phi) is 7.64. The van der Waals surface area contributed by atoms with Crippen molar-refractivity contribution in [3.8, 4) is 11.5 Å². The summed E-state index contributed by atoms with van der Waals surface area (Å²) in [4.78, 5) is 11.4. The number of rotatable bonds is 8. The van der Waals surface area contributed by atoms with Crippen LogP contribution in [0, 0.1) is 0 Å². The zero-order valence-electron chi connectivity index (χ0n) is 15.9. The molecule has 0 radical (unpaired) electrons. The standard InChI is InChI=1S/C22H25NO4/c1-16(2)9-12-19-20(26-3)13-10-18(11-14-21(24)23-25)22(19)27-15-17-7-5-4-6-8-17/h4-11,13-14,25H,12,15H2,1-3H3,(H,23,24)/b14-11+. The number of carbonyl (C=O) groups is 1. The molecule has 0 spiro atoms. The van der Waals surface area contributed by atoms with Gasteiger partial charge in [0.15, 0.2) is 0 Å². The summed E-state index contributed by atoms with van der Waals surface area (Å²) in [6.07, 6.45) is 5.60. The van der Waals surface area contributed by atoms with Crippen LogP contribution in [0.5, 0.6) is 11.5 Å². The van der Waals surface area contributed by atoms with Crippen molar-refractivity contribution < 1.29 is 19.5 Å². The Bertz CT molecular complexity index is 822. The van der Waals surface area contributed by atoms with Gasteiger partial charge in [-0.15, -0.1) is 0 Å². The van der Waals surface area contributed by atoms with Crippen LogP contribution in [-0.4, -0.2) is 18.2 Å². The van der Waals surface area contributed by atoms with Crippen molar-refractivity contribution in [1.29, 1.82) is 0 Å². The lowest BCUT2D eigenvalue weighted by Crippen LogP contribution is -2.14. The molecular weight excluding hydrogens is 342 g/mol. The molecule has 0 saturated heterocycles. The van der Waals surface area contributed by atoms with Gasteiger partial charge in [0.25, 0.3) is 5.91 Å². The van der Waals surface area contributed by atoms with Gasteiger partial charge in [-0.1, -0.05) is 42.0 Å². The quantitative estimate of drug-likeness (QED) is 0.316. The molecule has 5 heteroatoms. The maximum absolute atomic E-state index is 11.4. The third-order valence-electron chi connectivity index (χ3n) is 3.93. The molecule has 5 nitrogen and oxygen atoms in total. The van der Waals surface area contributed by atoms with Crippen molar-refractivity contribution in [2.24, 2.45) is 0 Å². The van der Waals surface area contributed by atoms with Crippen LogP contribution < -0.4 is 15.0 Å². The largest absolute Gasteiger partial charge is 0.496 e. The topological polar surface area (TPSA) is 67.8 Å². The number of allylic oxidation sites excluding steroid dienone is 2. The lowest BCUT2D eigenvalue weighted by molar-refractivity contribution is -0.124. The van der Waals surface area contributed by atoms with E-state index >= 15 is 0 Å². The van der Waals surface area contributed by atoms with Gasteiger partial charge in [0.05, 0.1) is 7.11 Å². The minimum absolute atomic E-state index is 0.392. The number of hydrogen-bond acceptors (Lipinski definition) is 4. The van der Waals surface area contributed by atoms with E-state index in [-0.39, 0.29) is 0 Å². The molecule has 2 aromatic rings. The molecule has 1 amide bonds. The first-order chi connectivity index (χ1) is 13.0. The van der Waals surface area contributed by atoms with Crippen LogP contribution in [0.1, 0.15) is 30.5 Å². The molecule has 2 N–H and O–H groups in total. The zero-order chi connectivity index (χ0) is 19.6. The van der Waals surface area contributed by atoms with Crippen molar-refractivity contribution in [2.45, 2.75) is 26.9 Å². The Morgan fingerprint density at radius 1 is 1.15 bits per heavy atom. The van der Waals surface area contributed by atoms with E-state index in [1.807, 2.05) is 56.3 Å². The molecule has 2 rings (SSSR count). The SMILES string of the molecule is COc1ccc(/C=C/C(=O)NO)c(OCc2ccccc2)c1CC=C(C)C. The lowest BCUT2D eigenvalue weighted by atomic mass is 10.0. The molecule has 0 saturated carbocycles. The predicted octanol–water partition coefficient (Wildman–Crippen LogP) is 4.30. The van der Waals surface area contributed by atoms with E-state index < -0.39 is 5.91 Å². The molecule has 0 fully saturated rings. The Morgan fingerprint density at radius 3 is 2.52 bits per heavy atom. The molecule has 0 aliphatic heterocycles. The van der Waals surface area contributed by atoms with Crippen LogP contribution in [0.25, 0.3) is 6.08 Å². The van der Waals surface area contributed by atoms with Gasteiger partial charge in [-0.3, -0.25) is 10.0 Å². The van der Waals surface area contributed by atoms with Crippen molar-refractivity contribution in [3.63, 3.8) is 0 Å². The van der Waals surface area contributed by atoms with Gasteiger partial charge in [-0.2, -0.15) is 0 Å². The van der Waals surface area contributed by atoms with Gasteiger partial charge in [-0.05, 0) is 44.0 Å². The summed E-state index contributed by atoms with van der Waals surface area (Å²) in [6.45, 7) is 4.46. The Hall–Kier alpha value is -3.05. The van der Waals surface area contributed by atoms with Crippen LogP contribution in [0.2, 0.25) is 0 Å². The number of ether oxygens (including phenoxy) is 2. The molecule has 0 heterocycles. The van der Waals surface area contributed by atoms with E-state index in [1.165, 1.54) is 11.6 Å². The fourth-order valence-electron chi connectivity index (χ4n) is 2.55. The number of carbonyl (C=O) groups excluding carboxylic acids is 1. The number of amides is 1. The average molecular weight is 367 g/mol. The van der Waals surface area contributed by atoms with Crippen molar-refractivity contribution in [1.82, 2.24) is 5.48 Å².